The third-order valence-electron chi connectivity index (χ3n) is 3.78. The number of aliphatic hydroxyl groups excluding tert-OH is 1. The van der Waals surface area contributed by atoms with E-state index in [-0.39, 0.29) is 23.2 Å². The molecule has 0 aromatic carbocycles. The Morgan fingerprint density at radius 2 is 1.52 bits per heavy atom. The molecule has 2 heterocycles. The van der Waals surface area contributed by atoms with Gasteiger partial charge in [-0.3, -0.25) is 0 Å². The monoisotopic (exact) mass is 346 g/mol. The van der Waals surface area contributed by atoms with Crippen molar-refractivity contribution in [1.29, 1.82) is 0 Å². The maximum atomic E-state index is 12.6. The third kappa shape index (κ3) is 6.29. The number of aliphatic hydroxyl groups is 1. The lowest BCUT2D eigenvalue weighted by Gasteiger charge is -2.35. The van der Waals surface area contributed by atoms with Gasteiger partial charge in [0.25, 0.3) is 0 Å². The quantitative estimate of drug-likeness (QED) is 0.804. The molecule has 7 heteroatoms. The van der Waals surface area contributed by atoms with Crippen LogP contribution in [0, 0.1) is 11.6 Å². The van der Waals surface area contributed by atoms with E-state index in [9.17, 15) is 8.78 Å². The van der Waals surface area contributed by atoms with Crippen LogP contribution in [-0.4, -0.2) is 13.4 Å². The van der Waals surface area contributed by atoms with Crippen LogP contribution in [0.1, 0.15) is 32.3 Å². The van der Waals surface area contributed by atoms with Gasteiger partial charge >= 0.3 is 0 Å². The van der Waals surface area contributed by atoms with Crippen molar-refractivity contribution in [3.8, 4) is 0 Å². The van der Waals surface area contributed by atoms with Crippen LogP contribution in [0.5, 0.6) is 0 Å². The highest BCUT2D eigenvalue weighted by atomic mass is 28.4. The Morgan fingerprint density at radius 3 is 1.83 bits per heavy atom. The molecule has 130 valence electrons. The lowest BCUT2D eigenvalue weighted by Crippen LogP contribution is -2.40. The van der Waals surface area contributed by atoms with E-state index in [0.29, 0.717) is 12.4 Å². The molecule has 2 aromatic heterocycles. The molecule has 1 N–H and O–H groups in total. The average molecular weight is 346 g/mol. The van der Waals surface area contributed by atoms with Crippen molar-refractivity contribution in [3.05, 3.63) is 47.8 Å². The van der Waals surface area contributed by atoms with E-state index in [4.69, 9.17) is 13.9 Å². The molecule has 0 aliphatic heterocycles. The fourth-order valence-corrected chi connectivity index (χ4v) is 2.27. The van der Waals surface area contributed by atoms with E-state index in [2.05, 4.69) is 38.3 Å². The number of hydrogen-bond acceptors (Lipinski definition) is 4. The molecule has 0 bridgehead atoms. The number of rotatable bonds is 4. The van der Waals surface area contributed by atoms with E-state index in [1.165, 1.54) is 6.07 Å². The van der Waals surface area contributed by atoms with Crippen LogP contribution < -0.4 is 0 Å². The second-order valence-corrected chi connectivity index (χ2v) is 11.5. The van der Waals surface area contributed by atoms with Crippen molar-refractivity contribution in [2.45, 2.75) is 52.1 Å². The van der Waals surface area contributed by atoms with Gasteiger partial charge in [-0.05, 0) is 18.1 Å². The lowest BCUT2D eigenvalue weighted by molar-refractivity contribution is 0.246. The standard InChI is InChI=1S/C11H19FO2Si.C5H5FO2/c1-11(2,3)15(4,5)14-8-10-6-9(12)7-13-10;6-4-1-5(2-7)8-3-4/h6-7H,8H2,1-5H3;1,3,7H,2H2. The van der Waals surface area contributed by atoms with Gasteiger partial charge in [0.05, 0.1) is 6.61 Å². The fourth-order valence-electron chi connectivity index (χ4n) is 1.33. The summed E-state index contributed by atoms with van der Waals surface area (Å²) in [6.07, 6.45) is 2.05. The Bertz CT molecular complexity index is 599. The van der Waals surface area contributed by atoms with Crippen LogP contribution in [0.4, 0.5) is 8.78 Å². The van der Waals surface area contributed by atoms with E-state index in [0.717, 1.165) is 18.6 Å². The van der Waals surface area contributed by atoms with Gasteiger partial charge in [-0.1, -0.05) is 20.8 Å². The summed E-state index contributed by atoms with van der Waals surface area (Å²) in [6.45, 7) is 10.9. The molecule has 23 heavy (non-hydrogen) atoms. The molecular formula is C16H24F2O4Si. The smallest absolute Gasteiger partial charge is 0.192 e. The molecule has 4 nitrogen and oxygen atoms in total. The summed E-state index contributed by atoms with van der Waals surface area (Å²) in [5, 5.41) is 8.46. The van der Waals surface area contributed by atoms with Gasteiger partial charge in [-0.15, -0.1) is 0 Å². The summed E-state index contributed by atoms with van der Waals surface area (Å²) in [6, 6.07) is 2.51. The highest BCUT2D eigenvalue weighted by Crippen LogP contribution is 2.37. The molecule has 0 atom stereocenters. The third-order valence-corrected chi connectivity index (χ3v) is 8.26. The molecule has 2 rings (SSSR count). The molecule has 2 aromatic rings. The first-order chi connectivity index (χ1) is 10.5. The van der Waals surface area contributed by atoms with E-state index >= 15 is 0 Å². The van der Waals surface area contributed by atoms with Gasteiger partial charge in [0.15, 0.2) is 20.0 Å². The van der Waals surface area contributed by atoms with Crippen LogP contribution in [0.3, 0.4) is 0 Å². The van der Waals surface area contributed by atoms with Crippen LogP contribution in [0.25, 0.3) is 0 Å². The number of hydrogen-bond donors (Lipinski definition) is 1. The van der Waals surface area contributed by atoms with Crippen molar-refractivity contribution in [1.82, 2.24) is 0 Å². The molecule has 0 saturated heterocycles. The molecule has 0 spiro atoms. The van der Waals surface area contributed by atoms with E-state index < -0.39 is 14.1 Å². The average Bonchev–Trinajstić information content (AvgIpc) is 3.04. The van der Waals surface area contributed by atoms with Crippen LogP contribution in [0.15, 0.2) is 33.5 Å². The van der Waals surface area contributed by atoms with Gasteiger partial charge in [0, 0.05) is 12.1 Å². The molecular weight excluding hydrogens is 322 g/mol. The number of furan rings is 2. The predicted octanol–water partition coefficient (Wildman–Crippen LogP) is 4.85. The summed E-state index contributed by atoms with van der Waals surface area (Å²) in [7, 11) is -1.76. The van der Waals surface area contributed by atoms with Crippen LogP contribution in [-0.2, 0) is 17.6 Å². The maximum absolute atomic E-state index is 12.6. The Kier molecular flexibility index (Phi) is 6.73. The molecule has 0 aliphatic rings. The van der Waals surface area contributed by atoms with E-state index in [1.807, 2.05) is 0 Å². The Hall–Kier alpha value is -1.44. The zero-order valence-electron chi connectivity index (χ0n) is 14.2. The van der Waals surface area contributed by atoms with Gasteiger partial charge in [0.1, 0.15) is 30.7 Å². The summed E-state index contributed by atoms with van der Waals surface area (Å²) in [5.41, 5.74) is 0. The Labute approximate surface area is 136 Å². The lowest BCUT2D eigenvalue weighted by atomic mass is 10.2. The minimum atomic E-state index is -1.76. The second-order valence-electron chi connectivity index (χ2n) is 6.67. The summed E-state index contributed by atoms with van der Waals surface area (Å²) < 4.78 is 39.9. The van der Waals surface area contributed by atoms with Crippen LogP contribution in [0.2, 0.25) is 18.1 Å². The first-order valence-electron chi connectivity index (χ1n) is 7.26. The van der Waals surface area contributed by atoms with Gasteiger partial charge in [-0.2, -0.15) is 0 Å². The zero-order chi connectivity index (χ0) is 17.7. The topological polar surface area (TPSA) is 55.7 Å². The first-order valence-corrected chi connectivity index (χ1v) is 10.2. The molecule has 0 amide bonds. The largest absolute Gasteiger partial charge is 0.464 e. The Morgan fingerprint density at radius 1 is 1.04 bits per heavy atom. The van der Waals surface area contributed by atoms with Gasteiger partial charge < -0.3 is 18.4 Å². The highest BCUT2D eigenvalue weighted by molar-refractivity contribution is 6.74. The molecule has 0 radical (unpaired) electrons. The second kappa shape index (κ2) is 7.90. The SMILES string of the molecule is CC(C)(C)[Si](C)(C)OCc1cc(F)co1.OCc1cc(F)co1. The van der Waals surface area contributed by atoms with Crippen molar-refractivity contribution in [2.75, 3.05) is 0 Å². The van der Waals surface area contributed by atoms with Gasteiger partial charge in [-0.25, -0.2) is 8.78 Å². The summed E-state index contributed by atoms with van der Waals surface area (Å²) in [4.78, 5) is 0. The van der Waals surface area contributed by atoms with Crippen molar-refractivity contribution in [3.63, 3.8) is 0 Å². The Balaban J connectivity index is 0.000000277. The zero-order valence-corrected chi connectivity index (χ0v) is 15.2. The first kappa shape index (κ1) is 19.6. The number of halogens is 2. The highest BCUT2D eigenvalue weighted by Gasteiger charge is 2.37. The predicted molar refractivity (Wildman–Crippen MR) is 85.2 cm³/mol. The van der Waals surface area contributed by atoms with E-state index in [1.54, 1.807) is 0 Å². The molecule has 0 aliphatic carbocycles. The summed E-state index contributed by atoms with van der Waals surface area (Å²) in [5.74, 6) is 0.0118. The van der Waals surface area contributed by atoms with Crippen LogP contribution >= 0.6 is 0 Å². The molecule has 0 fully saturated rings. The van der Waals surface area contributed by atoms with Crippen molar-refractivity contribution in [2.24, 2.45) is 0 Å². The minimum absolute atomic E-state index is 0.165. The minimum Gasteiger partial charge on any atom is -0.464 e. The maximum Gasteiger partial charge on any atom is 0.192 e. The van der Waals surface area contributed by atoms with Gasteiger partial charge in [0.2, 0.25) is 0 Å². The fraction of sp³-hybridized carbons (Fsp3) is 0.500. The molecule has 0 saturated carbocycles. The normalized spacial score (nSPS) is 12.0. The van der Waals surface area contributed by atoms with Crippen molar-refractivity contribution < 1.29 is 27.1 Å². The van der Waals surface area contributed by atoms with Crippen molar-refractivity contribution >= 4 is 8.32 Å². The summed E-state index contributed by atoms with van der Waals surface area (Å²) >= 11 is 0. The molecule has 0 unspecified atom stereocenters.